The van der Waals surface area contributed by atoms with Crippen LogP contribution in [0, 0.1) is 5.92 Å². The molecule has 0 unspecified atom stereocenters. The quantitative estimate of drug-likeness (QED) is 0.618. The smallest absolute Gasteiger partial charge is 0.256 e. The van der Waals surface area contributed by atoms with Crippen molar-refractivity contribution >= 4 is 11.6 Å². The summed E-state index contributed by atoms with van der Waals surface area (Å²) in [5.74, 6) is 1.60. The number of likely N-dealkylation sites (tertiary alicyclic amines) is 1. The molecule has 1 aromatic carbocycles. The van der Waals surface area contributed by atoms with Crippen LogP contribution in [-0.2, 0) is 9.53 Å². The summed E-state index contributed by atoms with van der Waals surface area (Å²) in [7, 11) is 0. The zero-order chi connectivity index (χ0) is 19.7. The van der Waals surface area contributed by atoms with Crippen molar-refractivity contribution in [3.05, 3.63) is 24.3 Å². The highest BCUT2D eigenvalue weighted by Crippen LogP contribution is 2.21. The number of ether oxygens (including phenoxy) is 2. The number of anilines is 1. The molecule has 1 N–H and O–H groups in total. The van der Waals surface area contributed by atoms with E-state index in [9.17, 15) is 4.79 Å². The zero-order valence-corrected chi connectivity index (χ0v) is 17.4. The van der Waals surface area contributed by atoms with E-state index < -0.39 is 5.60 Å². The third-order valence-electron chi connectivity index (χ3n) is 5.49. The van der Waals surface area contributed by atoms with Gasteiger partial charge in [0.05, 0.1) is 6.61 Å². The molecule has 2 rings (SSSR count). The Morgan fingerprint density at radius 3 is 2.48 bits per heavy atom. The van der Waals surface area contributed by atoms with Crippen LogP contribution in [0.25, 0.3) is 0 Å². The largest absolute Gasteiger partial charge is 0.494 e. The first-order chi connectivity index (χ1) is 13.0. The summed E-state index contributed by atoms with van der Waals surface area (Å²) < 4.78 is 11.5. The molecule has 1 aromatic rings. The van der Waals surface area contributed by atoms with Crippen molar-refractivity contribution in [3.8, 4) is 5.75 Å². The molecule has 1 amide bonds. The molecule has 1 fully saturated rings. The van der Waals surface area contributed by atoms with Crippen molar-refractivity contribution in [1.82, 2.24) is 4.90 Å². The molecule has 1 atom stereocenters. The third kappa shape index (κ3) is 6.82. The van der Waals surface area contributed by atoms with Crippen LogP contribution in [0.2, 0.25) is 0 Å². The second-order valence-corrected chi connectivity index (χ2v) is 7.72. The van der Waals surface area contributed by atoms with E-state index in [1.165, 1.54) is 25.9 Å². The molecule has 1 aliphatic heterocycles. The van der Waals surface area contributed by atoms with E-state index in [-0.39, 0.29) is 5.91 Å². The number of hydrogen-bond donors (Lipinski definition) is 1. The predicted octanol–water partition coefficient (Wildman–Crippen LogP) is 4.33. The fourth-order valence-corrected chi connectivity index (χ4v) is 3.31. The number of benzene rings is 1. The van der Waals surface area contributed by atoms with Gasteiger partial charge >= 0.3 is 0 Å². The van der Waals surface area contributed by atoms with E-state index in [0.29, 0.717) is 13.0 Å². The molecule has 0 aliphatic carbocycles. The van der Waals surface area contributed by atoms with Gasteiger partial charge in [0.15, 0.2) is 0 Å². The minimum absolute atomic E-state index is 0.114. The first kappa shape index (κ1) is 21.7. The van der Waals surface area contributed by atoms with Gasteiger partial charge in [0.25, 0.3) is 5.91 Å². The maximum Gasteiger partial charge on any atom is 0.256 e. The van der Waals surface area contributed by atoms with Crippen LogP contribution in [0.1, 0.15) is 53.4 Å². The summed E-state index contributed by atoms with van der Waals surface area (Å²) >= 11 is 0. The van der Waals surface area contributed by atoms with Crippen LogP contribution in [0.5, 0.6) is 5.75 Å². The zero-order valence-electron chi connectivity index (χ0n) is 17.4. The molecule has 0 bridgehead atoms. The maximum absolute atomic E-state index is 12.4. The number of piperidine rings is 1. The summed E-state index contributed by atoms with van der Waals surface area (Å²) in [6.45, 7) is 12.8. The molecule has 0 radical (unpaired) electrons. The number of amides is 1. The monoisotopic (exact) mass is 376 g/mol. The minimum atomic E-state index is -0.795. The molecule has 1 heterocycles. The molecule has 5 heteroatoms. The summed E-state index contributed by atoms with van der Waals surface area (Å²) in [4.78, 5) is 15.0. The Balaban J connectivity index is 1.72. The number of carbonyl (C=O) groups excluding carboxylic acids is 1. The van der Waals surface area contributed by atoms with Crippen LogP contribution in [0.3, 0.4) is 0 Å². The molecule has 0 aromatic heterocycles. The maximum atomic E-state index is 12.4. The van der Waals surface area contributed by atoms with Crippen molar-refractivity contribution in [2.45, 2.75) is 59.0 Å². The van der Waals surface area contributed by atoms with E-state index >= 15 is 0 Å². The van der Waals surface area contributed by atoms with Gasteiger partial charge in [-0.05, 0) is 82.8 Å². The van der Waals surface area contributed by atoms with E-state index in [0.717, 1.165) is 36.9 Å². The van der Waals surface area contributed by atoms with Gasteiger partial charge in [0.1, 0.15) is 11.4 Å². The van der Waals surface area contributed by atoms with Gasteiger partial charge in [-0.3, -0.25) is 4.79 Å². The molecular formula is C22H36N2O3. The lowest BCUT2D eigenvalue weighted by atomic mass is 9.99. The number of hydrogen-bond acceptors (Lipinski definition) is 4. The molecule has 1 saturated heterocycles. The van der Waals surface area contributed by atoms with Crippen LogP contribution in [0.15, 0.2) is 24.3 Å². The molecular weight excluding hydrogens is 340 g/mol. The fraction of sp³-hybridized carbons (Fsp3) is 0.682. The van der Waals surface area contributed by atoms with E-state index in [4.69, 9.17) is 9.47 Å². The van der Waals surface area contributed by atoms with Gasteiger partial charge in [0, 0.05) is 18.8 Å². The Kier molecular flexibility index (Phi) is 8.58. The van der Waals surface area contributed by atoms with Gasteiger partial charge < -0.3 is 19.7 Å². The number of nitrogens with one attached hydrogen (secondary N) is 1. The van der Waals surface area contributed by atoms with Crippen LogP contribution < -0.4 is 10.1 Å². The standard InChI is InChI=1S/C22H36N2O3/c1-5-22(4,27-6-2)21(25)23-19-8-10-20(11-9-19)26-17-7-14-24-15-12-18(3)13-16-24/h8-11,18H,5-7,12-17H2,1-4H3,(H,23,25)/t22-/m1/s1. The van der Waals surface area contributed by atoms with Crippen molar-refractivity contribution in [2.24, 2.45) is 5.92 Å². The fourth-order valence-electron chi connectivity index (χ4n) is 3.31. The van der Waals surface area contributed by atoms with Crippen molar-refractivity contribution in [2.75, 3.05) is 38.2 Å². The van der Waals surface area contributed by atoms with Crippen LogP contribution >= 0.6 is 0 Å². The Bertz CT molecular complexity index is 567. The molecule has 27 heavy (non-hydrogen) atoms. The molecule has 0 saturated carbocycles. The van der Waals surface area contributed by atoms with Gasteiger partial charge in [-0.25, -0.2) is 0 Å². The summed E-state index contributed by atoms with van der Waals surface area (Å²) in [6, 6.07) is 7.56. The Morgan fingerprint density at radius 2 is 1.89 bits per heavy atom. The van der Waals surface area contributed by atoms with Crippen molar-refractivity contribution in [1.29, 1.82) is 0 Å². The third-order valence-corrected chi connectivity index (χ3v) is 5.49. The van der Waals surface area contributed by atoms with Gasteiger partial charge in [-0.2, -0.15) is 0 Å². The van der Waals surface area contributed by atoms with Crippen molar-refractivity contribution < 1.29 is 14.3 Å². The van der Waals surface area contributed by atoms with Crippen LogP contribution in [0.4, 0.5) is 5.69 Å². The Morgan fingerprint density at radius 1 is 1.22 bits per heavy atom. The summed E-state index contributed by atoms with van der Waals surface area (Å²) in [6.07, 6.45) is 4.29. The number of carbonyl (C=O) groups is 1. The second-order valence-electron chi connectivity index (χ2n) is 7.72. The van der Waals surface area contributed by atoms with E-state index in [2.05, 4.69) is 17.1 Å². The van der Waals surface area contributed by atoms with Crippen LogP contribution in [-0.4, -0.2) is 49.3 Å². The van der Waals surface area contributed by atoms with Gasteiger partial charge in [-0.15, -0.1) is 0 Å². The highest BCUT2D eigenvalue weighted by atomic mass is 16.5. The average Bonchev–Trinajstić information content (AvgIpc) is 2.68. The SMILES string of the molecule is CCO[C@](C)(CC)C(=O)Nc1ccc(OCCCN2CCC(C)CC2)cc1. The van der Waals surface area contributed by atoms with Gasteiger partial charge in [0.2, 0.25) is 0 Å². The lowest BCUT2D eigenvalue weighted by molar-refractivity contribution is -0.139. The second kappa shape index (κ2) is 10.7. The topological polar surface area (TPSA) is 50.8 Å². The van der Waals surface area contributed by atoms with E-state index in [1.807, 2.05) is 45.0 Å². The lowest BCUT2D eigenvalue weighted by Gasteiger charge is -2.30. The number of nitrogens with zero attached hydrogens (tertiary/aromatic N) is 1. The molecule has 152 valence electrons. The first-order valence-corrected chi connectivity index (χ1v) is 10.4. The Labute approximate surface area is 164 Å². The summed E-state index contributed by atoms with van der Waals surface area (Å²) in [5.41, 5.74) is -0.0370. The Hall–Kier alpha value is -1.59. The normalized spacial score (nSPS) is 18.1. The van der Waals surface area contributed by atoms with Gasteiger partial charge in [-0.1, -0.05) is 13.8 Å². The highest BCUT2D eigenvalue weighted by molar-refractivity contribution is 5.97. The van der Waals surface area contributed by atoms with E-state index in [1.54, 1.807) is 0 Å². The lowest BCUT2D eigenvalue weighted by Crippen LogP contribution is -2.42. The molecule has 5 nitrogen and oxygen atoms in total. The number of rotatable bonds is 10. The predicted molar refractivity (Wildman–Crippen MR) is 110 cm³/mol. The average molecular weight is 377 g/mol. The highest BCUT2D eigenvalue weighted by Gasteiger charge is 2.31. The first-order valence-electron chi connectivity index (χ1n) is 10.4. The van der Waals surface area contributed by atoms with Crippen molar-refractivity contribution in [3.63, 3.8) is 0 Å². The minimum Gasteiger partial charge on any atom is -0.494 e. The molecule has 0 spiro atoms. The summed E-state index contributed by atoms with van der Waals surface area (Å²) in [5, 5.41) is 2.93. The molecule has 1 aliphatic rings.